The summed E-state index contributed by atoms with van der Waals surface area (Å²) >= 11 is 1.56. The lowest BCUT2D eigenvalue weighted by atomic mass is 10.0. The monoisotopic (exact) mass is 421 g/mol. The minimum atomic E-state index is 0.0546. The minimum Gasteiger partial charge on any atom is -0.497 e. The largest absolute Gasteiger partial charge is 0.497 e. The van der Waals surface area contributed by atoms with Crippen molar-refractivity contribution in [1.82, 2.24) is 15.2 Å². The van der Waals surface area contributed by atoms with E-state index in [1.807, 2.05) is 35.7 Å². The molecular formula is C24H27N3O2S. The lowest BCUT2D eigenvalue weighted by Gasteiger charge is -2.32. The van der Waals surface area contributed by atoms with Crippen LogP contribution in [0.3, 0.4) is 0 Å². The van der Waals surface area contributed by atoms with Crippen LogP contribution < -0.4 is 10.1 Å². The number of thiazole rings is 1. The second-order valence-electron chi connectivity index (χ2n) is 7.66. The standard InChI is InChI=1S/C24H27N3O2S/c1-29-22-9-5-8-19(14-22)24-26-21(17-30-24)15-23(28)25-20-10-12-27(13-11-20)16-18-6-3-2-4-7-18/h2-9,14,17,20H,10-13,15-16H2,1H3,(H,25,28). The molecule has 5 nitrogen and oxygen atoms in total. The van der Waals surface area contributed by atoms with Crippen molar-refractivity contribution in [3.8, 4) is 16.3 Å². The topological polar surface area (TPSA) is 54.5 Å². The van der Waals surface area contributed by atoms with E-state index >= 15 is 0 Å². The van der Waals surface area contributed by atoms with Gasteiger partial charge in [0.25, 0.3) is 0 Å². The first-order valence-corrected chi connectivity index (χ1v) is 11.2. The van der Waals surface area contributed by atoms with Crippen molar-refractivity contribution in [3.63, 3.8) is 0 Å². The highest BCUT2D eigenvalue weighted by molar-refractivity contribution is 7.13. The molecule has 0 spiro atoms. The van der Waals surface area contributed by atoms with E-state index in [0.29, 0.717) is 6.42 Å². The molecule has 0 atom stereocenters. The third kappa shape index (κ3) is 5.46. The van der Waals surface area contributed by atoms with E-state index in [4.69, 9.17) is 4.74 Å². The zero-order valence-corrected chi connectivity index (χ0v) is 18.0. The van der Waals surface area contributed by atoms with Crippen LogP contribution in [0.5, 0.6) is 5.75 Å². The van der Waals surface area contributed by atoms with Gasteiger partial charge in [-0.25, -0.2) is 4.98 Å². The Labute approximate surface area is 181 Å². The van der Waals surface area contributed by atoms with Crippen LogP contribution in [0.4, 0.5) is 0 Å². The quantitative estimate of drug-likeness (QED) is 0.623. The van der Waals surface area contributed by atoms with Crippen LogP contribution in [0.15, 0.2) is 60.0 Å². The number of nitrogens with zero attached hydrogens (tertiary/aromatic N) is 2. The van der Waals surface area contributed by atoms with Gasteiger partial charge in [0.2, 0.25) is 5.91 Å². The summed E-state index contributed by atoms with van der Waals surface area (Å²) in [5.74, 6) is 0.861. The Bertz CT molecular complexity index is 965. The van der Waals surface area contributed by atoms with E-state index in [1.54, 1.807) is 18.4 Å². The molecule has 1 aliphatic rings. The zero-order chi connectivity index (χ0) is 20.8. The predicted molar refractivity (Wildman–Crippen MR) is 121 cm³/mol. The van der Waals surface area contributed by atoms with Crippen LogP contribution in [-0.2, 0) is 17.8 Å². The lowest BCUT2D eigenvalue weighted by molar-refractivity contribution is -0.121. The van der Waals surface area contributed by atoms with Crippen LogP contribution in [0.25, 0.3) is 10.6 Å². The number of amides is 1. The van der Waals surface area contributed by atoms with Crippen molar-refractivity contribution in [3.05, 3.63) is 71.2 Å². The summed E-state index contributed by atoms with van der Waals surface area (Å²) in [6, 6.07) is 18.6. The SMILES string of the molecule is COc1cccc(-c2nc(CC(=O)NC3CCN(Cc4ccccc4)CC3)cs2)c1. The average Bonchev–Trinajstić information content (AvgIpc) is 3.24. The van der Waals surface area contributed by atoms with Crippen molar-refractivity contribution < 1.29 is 9.53 Å². The summed E-state index contributed by atoms with van der Waals surface area (Å²) in [4.78, 5) is 19.6. The van der Waals surface area contributed by atoms with Crippen molar-refractivity contribution in [2.75, 3.05) is 20.2 Å². The first-order valence-electron chi connectivity index (χ1n) is 10.3. The maximum atomic E-state index is 12.5. The molecule has 30 heavy (non-hydrogen) atoms. The molecule has 1 saturated heterocycles. The van der Waals surface area contributed by atoms with Crippen molar-refractivity contribution in [1.29, 1.82) is 0 Å². The van der Waals surface area contributed by atoms with E-state index in [2.05, 4.69) is 39.5 Å². The Morgan fingerprint density at radius 2 is 1.97 bits per heavy atom. The second-order valence-corrected chi connectivity index (χ2v) is 8.51. The number of ether oxygens (including phenoxy) is 1. The molecule has 1 aromatic heterocycles. The number of methoxy groups -OCH3 is 1. The number of carbonyl (C=O) groups is 1. The highest BCUT2D eigenvalue weighted by atomic mass is 32.1. The number of piperidine rings is 1. The van der Waals surface area contributed by atoms with Gasteiger partial charge >= 0.3 is 0 Å². The lowest BCUT2D eigenvalue weighted by Crippen LogP contribution is -2.44. The highest BCUT2D eigenvalue weighted by Gasteiger charge is 2.21. The molecule has 2 aromatic carbocycles. The number of nitrogens with one attached hydrogen (secondary N) is 1. The number of hydrogen-bond donors (Lipinski definition) is 1. The van der Waals surface area contributed by atoms with E-state index < -0.39 is 0 Å². The molecular weight excluding hydrogens is 394 g/mol. The van der Waals surface area contributed by atoms with Crippen LogP contribution in [0.1, 0.15) is 24.1 Å². The number of carbonyl (C=O) groups excluding carboxylic acids is 1. The highest BCUT2D eigenvalue weighted by Crippen LogP contribution is 2.27. The fraction of sp³-hybridized carbons (Fsp3) is 0.333. The fourth-order valence-corrected chi connectivity index (χ4v) is 4.61. The van der Waals surface area contributed by atoms with Crippen LogP contribution in [0, 0.1) is 0 Å². The molecule has 0 saturated carbocycles. The van der Waals surface area contributed by atoms with Gasteiger partial charge in [0, 0.05) is 36.6 Å². The molecule has 1 N–H and O–H groups in total. The van der Waals surface area contributed by atoms with E-state index in [1.165, 1.54) is 5.56 Å². The van der Waals surface area contributed by atoms with Gasteiger partial charge in [0.1, 0.15) is 10.8 Å². The Morgan fingerprint density at radius 1 is 1.17 bits per heavy atom. The van der Waals surface area contributed by atoms with Crippen LogP contribution in [0.2, 0.25) is 0 Å². The molecule has 1 aliphatic heterocycles. The molecule has 1 fully saturated rings. The van der Waals surface area contributed by atoms with E-state index in [-0.39, 0.29) is 11.9 Å². The van der Waals surface area contributed by atoms with Crippen molar-refractivity contribution >= 4 is 17.2 Å². The molecule has 4 rings (SSSR count). The molecule has 3 aromatic rings. The van der Waals surface area contributed by atoms with Crippen LogP contribution >= 0.6 is 11.3 Å². The van der Waals surface area contributed by atoms with E-state index in [9.17, 15) is 4.79 Å². The number of likely N-dealkylation sites (tertiary alicyclic amines) is 1. The molecule has 0 unspecified atom stereocenters. The molecule has 2 heterocycles. The molecule has 0 radical (unpaired) electrons. The van der Waals surface area contributed by atoms with E-state index in [0.717, 1.165) is 54.5 Å². The first kappa shape index (κ1) is 20.6. The number of benzene rings is 2. The summed E-state index contributed by atoms with van der Waals surface area (Å²) in [5, 5.41) is 6.08. The van der Waals surface area contributed by atoms with Gasteiger partial charge in [-0.2, -0.15) is 0 Å². The normalized spacial score (nSPS) is 15.1. The molecule has 6 heteroatoms. The number of aromatic nitrogens is 1. The summed E-state index contributed by atoms with van der Waals surface area (Å²) in [6.07, 6.45) is 2.31. The summed E-state index contributed by atoms with van der Waals surface area (Å²) in [5.41, 5.74) is 3.17. The summed E-state index contributed by atoms with van der Waals surface area (Å²) in [7, 11) is 1.66. The van der Waals surface area contributed by atoms with Gasteiger partial charge in [0.05, 0.1) is 19.2 Å². The average molecular weight is 422 g/mol. The second kappa shape index (κ2) is 9.87. The Morgan fingerprint density at radius 3 is 2.73 bits per heavy atom. The summed E-state index contributed by atoms with van der Waals surface area (Å²) < 4.78 is 5.28. The zero-order valence-electron chi connectivity index (χ0n) is 17.2. The molecule has 1 amide bonds. The Balaban J connectivity index is 1.25. The fourth-order valence-electron chi connectivity index (χ4n) is 3.80. The molecule has 0 aliphatic carbocycles. The molecule has 156 valence electrons. The van der Waals surface area contributed by atoms with Gasteiger partial charge in [-0.05, 0) is 30.5 Å². The number of hydrogen-bond acceptors (Lipinski definition) is 5. The van der Waals surface area contributed by atoms with Gasteiger partial charge in [-0.3, -0.25) is 9.69 Å². The van der Waals surface area contributed by atoms with Gasteiger partial charge in [-0.1, -0.05) is 42.5 Å². The Hall–Kier alpha value is -2.70. The predicted octanol–water partition coefficient (Wildman–Crippen LogP) is 4.14. The van der Waals surface area contributed by atoms with Gasteiger partial charge in [-0.15, -0.1) is 11.3 Å². The first-order chi connectivity index (χ1) is 14.7. The van der Waals surface area contributed by atoms with Gasteiger partial charge < -0.3 is 10.1 Å². The minimum absolute atomic E-state index is 0.0546. The van der Waals surface area contributed by atoms with Crippen LogP contribution in [-0.4, -0.2) is 42.0 Å². The van der Waals surface area contributed by atoms with Crippen molar-refractivity contribution in [2.24, 2.45) is 0 Å². The van der Waals surface area contributed by atoms with Gasteiger partial charge in [0.15, 0.2) is 0 Å². The summed E-state index contributed by atoms with van der Waals surface area (Å²) in [6.45, 7) is 3.00. The maximum absolute atomic E-state index is 12.5. The maximum Gasteiger partial charge on any atom is 0.226 e. The third-order valence-corrected chi connectivity index (χ3v) is 6.35. The third-order valence-electron chi connectivity index (χ3n) is 5.41. The van der Waals surface area contributed by atoms with Crippen molar-refractivity contribution in [2.45, 2.75) is 31.8 Å². The molecule has 0 bridgehead atoms. The smallest absolute Gasteiger partial charge is 0.226 e. The number of rotatable bonds is 7. The Kier molecular flexibility index (Phi) is 6.77.